The lowest BCUT2D eigenvalue weighted by Crippen LogP contribution is -2.37. The predicted octanol–water partition coefficient (Wildman–Crippen LogP) is 2.27. The molecule has 1 amide bonds. The normalized spacial score (nSPS) is 13.1. The van der Waals surface area contributed by atoms with E-state index in [1.165, 1.54) is 0 Å². The number of amides is 1. The standard InChI is InChI=1S/C11H13BrClNO3S/c1-7(6-18(2,16)17)14-11(15)9-4-3-8(13)5-10(9)12/h3-5,7H,6H2,1-2H3,(H,14,15). The van der Waals surface area contributed by atoms with Crippen LogP contribution in [0.4, 0.5) is 0 Å². The number of sulfone groups is 1. The van der Waals surface area contributed by atoms with E-state index in [-0.39, 0.29) is 11.7 Å². The molecular formula is C11H13BrClNO3S. The van der Waals surface area contributed by atoms with E-state index >= 15 is 0 Å². The fourth-order valence-corrected chi connectivity index (χ4v) is 3.33. The number of rotatable bonds is 4. The number of carbonyl (C=O) groups excluding carboxylic acids is 1. The molecule has 0 aromatic heterocycles. The monoisotopic (exact) mass is 353 g/mol. The molecule has 0 saturated carbocycles. The molecule has 0 heterocycles. The third-order valence-electron chi connectivity index (χ3n) is 2.11. The number of benzene rings is 1. The second-order valence-corrected chi connectivity index (χ2v) is 7.57. The minimum absolute atomic E-state index is 0.0933. The smallest absolute Gasteiger partial charge is 0.252 e. The van der Waals surface area contributed by atoms with Crippen molar-refractivity contribution in [2.75, 3.05) is 12.0 Å². The molecule has 1 N–H and O–H groups in total. The fourth-order valence-electron chi connectivity index (χ4n) is 1.47. The fraction of sp³-hybridized carbons (Fsp3) is 0.364. The van der Waals surface area contributed by atoms with Crippen LogP contribution in [-0.4, -0.2) is 32.4 Å². The van der Waals surface area contributed by atoms with Gasteiger partial charge in [-0.15, -0.1) is 0 Å². The minimum Gasteiger partial charge on any atom is -0.349 e. The quantitative estimate of drug-likeness (QED) is 0.902. The first kappa shape index (κ1) is 15.5. The summed E-state index contributed by atoms with van der Waals surface area (Å²) in [5.41, 5.74) is 0.416. The van der Waals surface area contributed by atoms with Crippen LogP contribution in [0.1, 0.15) is 17.3 Å². The van der Waals surface area contributed by atoms with E-state index in [0.717, 1.165) is 6.26 Å². The lowest BCUT2D eigenvalue weighted by molar-refractivity contribution is 0.0943. The Labute approximate surface area is 120 Å². The summed E-state index contributed by atoms with van der Waals surface area (Å²) in [6, 6.07) is 4.34. The second kappa shape index (κ2) is 6.04. The van der Waals surface area contributed by atoms with Crippen LogP contribution in [-0.2, 0) is 9.84 Å². The molecule has 1 atom stereocenters. The summed E-state index contributed by atoms with van der Waals surface area (Å²) in [5.74, 6) is -0.432. The molecule has 1 unspecified atom stereocenters. The van der Waals surface area contributed by atoms with Gasteiger partial charge < -0.3 is 5.32 Å². The van der Waals surface area contributed by atoms with Crippen molar-refractivity contribution in [2.24, 2.45) is 0 Å². The highest BCUT2D eigenvalue weighted by molar-refractivity contribution is 9.10. The summed E-state index contributed by atoms with van der Waals surface area (Å²) in [6.45, 7) is 1.64. The molecule has 100 valence electrons. The van der Waals surface area contributed by atoms with Gasteiger partial charge >= 0.3 is 0 Å². The molecule has 0 fully saturated rings. The van der Waals surface area contributed by atoms with Gasteiger partial charge in [0.25, 0.3) is 5.91 Å². The zero-order chi connectivity index (χ0) is 13.9. The van der Waals surface area contributed by atoms with E-state index in [0.29, 0.717) is 15.1 Å². The predicted molar refractivity (Wildman–Crippen MR) is 75.8 cm³/mol. The van der Waals surface area contributed by atoms with Crippen LogP contribution in [0.5, 0.6) is 0 Å². The van der Waals surface area contributed by atoms with Crippen molar-refractivity contribution in [2.45, 2.75) is 13.0 Å². The van der Waals surface area contributed by atoms with Gasteiger partial charge in [-0.1, -0.05) is 11.6 Å². The van der Waals surface area contributed by atoms with Gasteiger partial charge in [0.2, 0.25) is 0 Å². The zero-order valence-electron chi connectivity index (χ0n) is 9.91. The first-order valence-corrected chi connectivity index (χ1v) is 8.36. The van der Waals surface area contributed by atoms with Crippen molar-refractivity contribution in [3.63, 3.8) is 0 Å². The number of halogens is 2. The first-order chi connectivity index (χ1) is 8.19. The van der Waals surface area contributed by atoms with E-state index in [4.69, 9.17) is 11.6 Å². The number of carbonyl (C=O) groups is 1. The average molecular weight is 355 g/mol. The maximum Gasteiger partial charge on any atom is 0.252 e. The SMILES string of the molecule is CC(CS(C)(=O)=O)NC(=O)c1ccc(Cl)cc1Br. The molecule has 1 rings (SSSR count). The lowest BCUT2D eigenvalue weighted by atomic mass is 10.2. The number of hydrogen-bond donors (Lipinski definition) is 1. The second-order valence-electron chi connectivity index (χ2n) is 4.09. The maximum atomic E-state index is 11.9. The molecule has 1 aromatic rings. The van der Waals surface area contributed by atoms with Gasteiger partial charge in [0.1, 0.15) is 9.84 Å². The van der Waals surface area contributed by atoms with Gasteiger partial charge in [-0.2, -0.15) is 0 Å². The lowest BCUT2D eigenvalue weighted by Gasteiger charge is -2.13. The molecule has 0 bridgehead atoms. The molecule has 7 heteroatoms. The molecule has 0 aliphatic heterocycles. The van der Waals surface area contributed by atoms with Gasteiger partial charge in [-0.25, -0.2) is 8.42 Å². The van der Waals surface area contributed by atoms with E-state index < -0.39 is 15.9 Å². The van der Waals surface area contributed by atoms with Gasteiger partial charge in [0.15, 0.2) is 0 Å². The van der Waals surface area contributed by atoms with Crippen LogP contribution >= 0.6 is 27.5 Å². The van der Waals surface area contributed by atoms with Crippen molar-refractivity contribution in [3.05, 3.63) is 33.3 Å². The Kier molecular flexibility index (Phi) is 5.19. The first-order valence-electron chi connectivity index (χ1n) is 5.12. The molecule has 0 aliphatic rings. The molecule has 0 aliphatic carbocycles. The highest BCUT2D eigenvalue weighted by Crippen LogP contribution is 2.21. The van der Waals surface area contributed by atoms with Crippen LogP contribution in [0.2, 0.25) is 5.02 Å². The molecule has 0 radical (unpaired) electrons. The van der Waals surface area contributed by atoms with Crippen molar-refractivity contribution < 1.29 is 13.2 Å². The number of nitrogens with one attached hydrogen (secondary N) is 1. The Morgan fingerprint density at radius 1 is 1.50 bits per heavy atom. The van der Waals surface area contributed by atoms with Crippen molar-refractivity contribution in [1.82, 2.24) is 5.32 Å². The molecular weight excluding hydrogens is 342 g/mol. The molecule has 1 aromatic carbocycles. The molecule has 0 saturated heterocycles. The summed E-state index contributed by atoms with van der Waals surface area (Å²) in [4.78, 5) is 11.9. The van der Waals surface area contributed by atoms with Crippen LogP contribution in [0.25, 0.3) is 0 Å². The Balaban J connectivity index is 2.77. The van der Waals surface area contributed by atoms with Crippen molar-refractivity contribution in [3.8, 4) is 0 Å². The van der Waals surface area contributed by atoms with Crippen LogP contribution in [0.15, 0.2) is 22.7 Å². The van der Waals surface area contributed by atoms with E-state index in [2.05, 4.69) is 21.2 Å². The third kappa shape index (κ3) is 4.96. The van der Waals surface area contributed by atoms with Crippen molar-refractivity contribution in [1.29, 1.82) is 0 Å². The van der Waals surface area contributed by atoms with Gasteiger partial charge in [0.05, 0.1) is 11.3 Å². The summed E-state index contributed by atoms with van der Waals surface area (Å²) in [6.07, 6.45) is 1.13. The zero-order valence-corrected chi connectivity index (χ0v) is 13.1. The van der Waals surface area contributed by atoms with Crippen LogP contribution in [0.3, 0.4) is 0 Å². The topological polar surface area (TPSA) is 63.2 Å². The Morgan fingerprint density at radius 2 is 2.11 bits per heavy atom. The Hall–Kier alpha value is -0.590. The molecule has 18 heavy (non-hydrogen) atoms. The van der Waals surface area contributed by atoms with Gasteiger partial charge in [-0.3, -0.25) is 4.79 Å². The number of hydrogen-bond acceptors (Lipinski definition) is 3. The van der Waals surface area contributed by atoms with Crippen LogP contribution < -0.4 is 5.32 Å². The molecule has 4 nitrogen and oxygen atoms in total. The average Bonchev–Trinajstić information content (AvgIpc) is 2.13. The van der Waals surface area contributed by atoms with Gasteiger partial charge in [0, 0.05) is 21.8 Å². The summed E-state index contributed by atoms with van der Waals surface area (Å²) in [5, 5.41) is 3.14. The maximum absolute atomic E-state index is 11.9. The van der Waals surface area contributed by atoms with Crippen LogP contribution in [0, 0.1) is 0 Å². The largest absolute Gasteiger partial charge is 0.349 e. The summed E-state index contributed by atoms with van der Waals surface area (Å²) in [7, 11) is -3.12. The Bertz CT molecular complexity index is 559. The third-order valence-corrected chi connectivity index (χ3v) is 4.10. The highest BCUT2D eigenvalue weighted by Gasteiger charge is 2.16. The summed E-state index contributed by atoms with van der Waals surface area (Å²) < 4.78 is 22.8. The Morgan fingerprint density at radius 3 is 2.61 bits per heavy atom. The van der Waals surface area contributed by atoms with Gasteiger partial charge in [-0.05, 0) is 41.1 Å². The van der Waals surface area contributed by atoms with E-state index in [1.54, 1.807) is 25.1 Å². The van der Waals surface area contributed by atoms with E-state index in [1.807, 2.05) is 0 Å². The van der Waals surface area contributed by atoms with E-state index in [9.17, 15) is 13.2 Å². The molecule has 0 spiro atoms. The van der Waals surface area contributed by atoms with Crippen molar-refractivity contribution >= 4 is 43.3 Å². The highest BCUT2D eigenvalue weighted by atomic mass is 79.9. The summed E-state index contributed by atoms with van der Waals surface area (Å²) >= 11 is 9.01. The minimum atomic E-state index is -3.12.